The van der Waals surface area contributed by atoms with Crippen molar-refractivity contribution in [2.45, 2.75) is 0 Å². The summed E-state index contributed by atoms with van der Waals surface area (Å²) in [4.78, 5) is 3.37. The van der Waals surface area contributed by atoms with Crippen molar-refractivity contribution in [3.05, 3.63) is 72.8 Å². The Bertz CT molecular complexity index is 907. The first kappa shape index (κ1) is 9.40. The molecule has 1 N–H and O–H groups in total. The standard InChI is InChI=1S/C18H13N/c1-2-7-13(8-3-1)14-10-6-12-17-18(14)15-9-4-5-11-16(15)19-17/h1-12,19H/i12D. The van der Waals surface area contributed by atoms with Gasteiger partial charge in [-0.15, -0.1) is 0 Å². The molecule has 0 fully saturated rings. The minimum Gasteiger partial charge on any atom is -0.354 e. The zero-order chi connectivity index (χ0) is 13.5. The molecule has 19 heavy (non-hydrogen) atoms. The Labute approximate surface area is 112 Å². The van der Waals surface area contributed by atoms with Crippen molar-refractivity contribution in [3.8, 4) is 11.1 Å². The Morgan fingerprint density at radius 2 is 1.53 bits per heavy atom. The number of aromatic amines is 1. The zero-order valence-electron chi connectivity index (χ0n) is 11.4. The van der Waals surface area contributed by atoms with Gasteiger partial charge in [0.15, 0.2) is 0 Å². The fraction of sp³-hybridized carbons (Fsp3) is 0. The molecule has 4 aromatic rings. The largest absolute Gasteiger partial charge is 0.354 e. The third-order valence-corrected chi connectivity index (χ3v) is 3.54. The Balaban J connectivity index is 2.19. The maximum absolute atomic E-state index is 8.12. The van der Waals surface area contributed by atoms with E-state index in [-0.39, 0.29) is 0 Å². The molecule has 4 rings (SSSR count). The minimum atomic E-state index is 0.538. The summed E-state index contributed by atoms with van der Waals surface area (Å²) < 4.78 is 8.12. The summed E-state index contributed by atoms with van der Waals surface area (Å²) in [5, 5.41) is 2.31. The molecule has 0 atom stereocenters. The molecule has 0 saturated heterocycles. The average molecular weight is 244 g/mol. The van der Waals surface area contributed by atoms with Crippen molar-refractivity contribution in [1.29, 1.82) is 0 Å². The van der Waals surface area contributed by atoms with Gasteiger partial charge in [-0.3, -0.25) is 0 Å². The highest BCUT2D eigenvalue weighted by molar-refractivity contribution is 6.14. The second-order valence-corrected chi connectivity index (χ2v) is 4.68. The lowest BCUT2D eigenvalue weighted by Gasteiger charge is -2.04. The van der Waals surface area contributed by atoms with Crippen LogP contribution < -0.4 is 0 Å². The molecular formula is C18H13N. The first-order valence-electron chi connectivity index (χ1n) is 6.90. The van der Waals surface area contributed by atoms with Crippen molar-refractivity contribution in [2.75, 3.05) is 0 Å². The van der Waals surface area contributed by atoms with Crippen molar-refractivity contribution in [1.82, 2.24) is 4.98 Å². The van der Waals surface area contributed by atoms with Gasteiger partial charge in [0, 0.05) is 21.8 Å². The van der Waals surface area contributed by atoms with Crippen LogP contribution >= 0.6 is 0 Å². The monoisotopic (exact) mass is 244 g/mol. The topological polar surface area (TPSA) is 15.8 Å². The van der Waals surface area contributed by atoms with Gasteiger partial charge in [-0.1, -0.05) is 60.7 Å². The van der Waals surface area contributed by atoms with Crippen LogP contribution in [0.1, 0.15) is 1.37 Å². The number of benzene rings is 3. The summed E-state index contributed by atoms with van der Waals surface area (Å²) in [5.41, 5.74) is 4.35. The molecule has 0 spiro atoms. The van der Waals surface area contributed by atoms with Crippen molar-refractivity contribution in [3.63, 3.8) is 0 Å². The summed E-state index contributed by atoms with van der Waals surface area (Å²) in [6.45, 7) is 0. The molecule has 0 aliphatic heterocycles. The number of fused-ring (bicyclic) bond motifs is 3. The highest BCUT2D eigenvalue weighted by atomic mass is 14.7. The molecule has 0 aliphatic rings. The smallest absolute Gasteiger partial charge is 0.0645 e. The fourth-order valence-electron chi connectivity index (χ4n) is 2.68. The van der Waals surface area contributed by atoms with Crippen molar-refractivity contribution < 1.29 is 1.37 Å². The zero-order valence-corrected chi connectivity index (χ0v) is 10.4. The molecule has 1 heterocycles. The van der Waals surface area contributed by atoms with E-state index < -0.39 is 0 Å². The molecular weight excluding hydrogens is 230 g/mol. The molecule has 0 unspecified atom stereocenters. The number of aromatic nitrogens is 1. The van der Waals surface area contributed by atoms with Crippen LogP contribution in [0.15, 0.2) is 72.8 Å². The van der Waals surface area contributed by atoms with Crippen LogP contribution in [0.2, 0.25) is 0 Å². The molecule has 0 amide bonds. The van der Waals surface area contributed by atoms with Crippen LogP contribution in [0.3, 0.4) is 0 Å². The second-order valence-electron chi connectivity index (χ2n) is 4.68. The predicted molar refractivity (Wildman–Crippen MR) is 81.2 cm³/mol. The first-order chi connectivity index (χ1) is 9.84. The third kappa shape index (κ3) is 1.55. The quantitative estimate of drug-likeness (QED) is 0.485. The van der Waals surface area contributed by atoms with E-state index in [9.17, 15) is 0 Å². The van der Waals surface area contributed by atoms with Gasteiger partial charge in [0.25, 0.3) is 0 Å². The number of rotatable bonds is 1. The highest BCUT2D eigenvalue weighted by Crippen LogP contribution is 2.34. The second kappa shape index (κ2) is 3.99. The van der Waals surface area contributed by atoms with Crippen LogP contribution in [0.4, 0.5) is 0 Å². The van der Waals surface area contributed by atoms with Crippen LogP contribution in [-0.4, -0.2) is 4.98 Å². The van der Waals surface area contributed by atoms with E-state index in [0.29, 0.717) is 6.04 Å². The van der Waals surface area contributed by atoms with E-state index in [4.69, 9.17) is 1.37 Å². The molecule has 1 aromatic heterocycles. The van der Waals surface area contributed by atoms with Crippen LogP contribution in [0.25, 0.3) is 32.9 Å². The molecule has 90 valence electrons. The normalized spacial score (nSPS) is 11.9. The lowest BCUT2D eigenvalue weighted by molar-refractivity contribution is 1.54. The number of para-hydroxylation sites is 1. The lowest BCUT2D eigenvalue weighted by Crippen LogP contribution is -1.78. The number of nitrogens with one attached hydrogen (secondary N) is 1. The van der Waals surface area contributed by atoms with E-state index in [1.165, 1.54) is 16.5 Å². The predicted octanol–water partition coefficient (Wildman–Crippen LogP) is 4.99. The van der Waals surface area contributed by atoms with Crippen LogP contribution in [-0.2, 0) is 0 Å². The fourth-order valence-corrected chi connectivity index (χ4v) is 2.68. The van der Waals surface area contributed by atoms with Crippen LogP contribution in [0.5, 0.6) is 0 Å². The van der Waals surface area contributed by atoms with E-state index in [0.717, 1.165) is 16.4 Å². The number of H-pyrrole nitrogens is 1. The summed E-state index contributed by atoms with van der Waals surface area (Å²) >= 11 is 0. The summed E-state index contributed by atoms with van der Waals surface area (Å²) in [6, 6.07) is 23.0. The van der Waals surface area contributed by atoms with E-state index >= 15 is 0 Å². The highest BCUT2D eigenvalue weighted by Gasteiger charge is 2.08. The molecule has 0 aliphatic carbocycles. The van der Waals surface area contributed by atoms with E-state index in [1.807, 2.05) is 42.5 Å². The van der Waals surface area contributed by atoms with Gasteiger partial charge in [-0.25, -0.2) is 0 Å². The van der Waals surface area contributed by atoms with Crippen LogP contribution in [0, 0.1) is 0 Å². The van der Waals surface area contributed by atoms with Gasteiger partial charge in [0.2, 0.25) is 0 Å². The van der Waals surface area contributed by atoms with Gasteiger partial charge < -0.3 is 4.98 Å². The van der Waals surface area contributed by atoms with Gasteiger partial charge >= 0.3 is 0 Å². The molecule has 0 saturated carbocycles. The van der Waals surface area contributed by atoms with E-state index in [2.05, 4.69) is 29.2 Å². The maximum Gasteiger partial charge on any atom is 0.0645 e. The lowest BCUT2D eigenvalue weighted by atomic mass is 10.00. The Hall–Kier alpha value is -2.54. The summed E-state index contributed by atoms with van der Waals surface area (Å²) in [6.07, 6.45) is 0. The van der Waals surface area contributed by atoms with Gasteiger partial charge in [0.05, 0.1) is 1.37 Å². The number of hydrogen-bond donors (Lipinski definition) is 1. The van der Waals surface area contributed by atoms with E-state index in [1.54, 1.807) is 0 Å². The SMILES string of the molecule is [2H]c1ccc(-c2ccccc2)c2c1[nH]c1ccccc12. The van der Waals surface area contributed by atoms with Gasteiger partial charge in [-0.2, -0.15) is 0 Å². The van der Waals surface area contributed by atoms with Gasteiger partial charge in [0.1, 0.15) is 0 Å². The average Bonchev–Trinajstić information content (AvgIpc) is 2.89. The number of hydrogen-bond acceptors (Lipinski definition) is 0. The molecule has 0 radical (unpaired) electrons. The molecule has 1 nitrogen and oxygen atoms in total. The summed E-state index contributed by atoms with van der Waals surface area (Å²) in [5.74, 6) is 0. The van der Waals surface area contributed by atoms with Crippen molar-refractivity contribution in [2.24, 2.45) is 0 Å². The van der Waals surface area contributed by atoms with Crippen molar-refractivity contribution >= 4 is 21.8 Å². The third-order valence-electron chi connectivity index (χ3n) is 3.54. The molecule has 3 aromatic carbocycles. The minimum absolute atomic E-state index is 0.538. The Morgan fingerprint density at radius 1 is 0.737 bits per heavy atom. The molecule has 0 bridgehead atoms. The summed E-state index contributed by atoms with van der Waals surface area (Å²) in [7, 11) is 0. The first-order valence-corrected chi connectivity index (χ1v) is 6.40. The Morgan fingerprint density at radius 3 is 2.42 bits per heavy atom. The Kier molecular flexibility index (Phi) is 1.97. The van der Waals surface area contributed by atoms with Gasteiger partial charge in [-0.05, 0) is 23.2 Å². The maximum atomic E-state index is 8.12. The molecule has 1 heteroatoms.